The molecule has 102 valence electrons. The summed E-state index contributed by atoms with van der Waals surface area (Å²) in [4.78, 5) is 14.0. The molecule has 0 aromatic carbocycles. The molecule has 1 atom stereocenters. The van der Waals surface area contributed by atoms with Gasteiger partial charge >= 0.3 is 0 Å². The maximum Gasteiger partial charge on any atom is 0.292 e. The smallest absolute Gasteiger partial charge is 0.292 e. The van der Waals surface area contributed by atoms with Crippen molar-refractivity contribution in [3.05, 3.63) is 17.5 Å². The number of amides is 1. The van der Waals surface area contributed by atoms with E-state index in [0.717, 1.165) is 25.3 Å². The van der Waals surface area contributed by atoms with Gasteiger partial charge in [0.05, 0.1) is 5.69 Å². The van der Waals surface area contributed by atoms with Crippen molar-refractivity contribution in [2.24, 2.45) is 0 Å². The normalized spacial score (nSPS) is 19.8. The number of carbonyl (C=O) groups excluding carboxylic acids is 1. The van der Waals surface area contributed by atoms with E-state index in [-0.39, 0.29) is 30.3 Å². The number of carbonyl (C=O) groups is 1. The van der Waals surface area contributed by atoms with Crippen LogP contribution < -0.4 is 5.32 Å². The predicted molar refractivity (Wildman–Crippen MR) is 71.2 cm³/mol. The number of hydrogen-bond donors (Lipinski definition) is 1. The molecule has 0 aliphatic carbocycles. The van der Waals surface area contributed by atoms with Crippen molar-refractivity contribution in [1.29, 1.82) is 0 Å². The first kappa shape index (κ1) is 15.0. The Labute approximate surface area is 113 Å². The lowest BCUT2D eigenvalue weighted by Crippen LogP contribution is -2.52. The summed E-state index contributed by atoms with van der Waals surface area (Å²) < 4.78 is 5.13. The highest BCUT2D eigenvalue weighted by atomic mass is 35.5. The molecule has 0 spiro atoms. The molecule has 1 fully saturated rings. The average molecular weight is 274 g/mol. The molecule has 1 amide bonds. The van der Waals surface area contributed by atoms with Crippen LogP contribution in [0.3, 0.4) is 0 Å². The lowest BCUT2D eigenvalue weighted by atomic mass is 10.1. The third kappa shape index (κ3) is 3.03. The lowest BCUT2D eigenvalue weighted by Gasteiger charge is -2.33. The summed E-state index contributed by atoms with van der Waals surface area (Å²) in [6.45, 7) is 8.47. The highest BCUT2D eigenvalue weighted by Crippen LogP contribution is 2.16. The van der Waals surface area contributed by atoms with E-state index in [1.807, 2.05) is 25.7 Å². The molecule has 1 aliphatic rings. The van der Waals surface area contributed by atoms with Gasteiger partial charge in [-0.3, -0.25) is 4.79 Å². The van der Waals surface area contributed by atoms with E-state index in [1.54, 1.807) is 6.07 Å². The van der Waals surface area contributed by atoms with Crippen molar-refractivity contribution in [3.8, 4) is 0 Å². The van der Waals surface area contributed by atoms with Gasteiger partial charge in [0, 0.05) is 31.7 Å². The molecule has 0 bridgehead atoms. The fourth-order valence-corrected chi connectivity index (χ4v) is 1.95. The van der Waals surface area contributed by atoms with Crippen LogP contribution in [0.25, 0.3) is 0 Å². The fraction of sp³-hybridized carbons (Fsp3) is 0.667. The second-order valence-electron chi connectivity index (χ2n) is 4.82. The van der Waals surface area contributed by atoms with Crippen LogP contribution >= 0.6 is 12.4 Å². The van der Waals surface area contributed by atoms with Gasteiger partial charge < -0.3 is 14.7 Å². The highest BCUT2D eigenvalue weighted by molar-refractivity contribution is 5.91. The highest BCUT2D eigenvalue weighted by Gasteiger charge is 2.27. The Bertz CT molecular complexity index is 406. The van der Waals surface area contributed by atoms with E-state index in [2.05, 4.69) is 10.5 Å². The van der Waals surface area contributed by atoms with Crippen LogP contribution in [-0.4, -0.2) is 41.6 Å². The Morgan fingerprint density at radius 3 is 2.89 bits per heavy atom. The van der Waals surface area contributed by atoms with Crippen LogP contribution in [0.4, 0.5) is 0 Å². The van der Waals surface area contributed by atoms with Crippen LogP contribution in [0.1, 0.15) is 42.9 Å². The van der Waals surface area contributed by atoms with Gasteiger partial charge in [-0.1, -0.05) is 19.0 Å². The summed E-state index contributed by atoms with van der Waals surface area (Å²) in [5.74, 6) is 0.571. The molecular formula is C12H20ClN3O2. The lowest BCUT2D eigenvalue weighted by molar-refractivity contribution is 0.0613. The predicted octanol–water partition coefficient (Wildman–Crippen LogP) is 1.65. The minimum atomic E-state index is -0.0570. The van der Waals surface area contributed by atoms with Gasteiger partial charge in [0.2, 0.25) is 5.76 Å². The zero-order valence-corrected chi connectivity index (χ0v) is 11.8. The summed E-state index contributed by atoms with van der Waals surface area (Å²) >= 11 is 0. The number of rotatable bonds is 2. The quantitative estimate of drug-likeness (QED) is 0.890. The first-order valence-corrected chi connectivity index (χ1v) is 6.08. The average Bonchev–Trinajstić information content (AvgIpc) is 2.78. The third-order valence-electron chi connectivity index (χ3n) is 3.09. The summed E-state index contributed by atoms with van der Waals surface area (Å²) in [6, 6.07) is 1.95. The van der Waals surface area contributed by atoms with E-state index >= 15 is 0 Å². The third-order valence-corrected chi connectivity index (χ3v) is 3.09. The van der Waals surface area contributed by atoms with E-state index in [9.17, 15) is 4.79 Å². The maximum atomic E-state index is 12.2. The molecule has 0 radical (unpaired) electrons. The molecule has 1 saturated heterocycles. The van der Waals surface area contributed by atoms with E-state index in [1.165, 1.54) is 0 Å². The molecule has 2 rings (SSSR count). The zero-order valence-electron chi connectivity index (χ0n) is 11.0. The SMILES string of the molecule is CC(C)c1cc(C(=O)N2CCNC[C@H]2C)on1.Cl. The molecule has 0 unspecified atom stereocenters. The molecule has 1 N–H and O–H groups in total. The molecule has 1 aromatic heterocycles. The number of nitrogens with one attached hydrogen (secondary N) is 1. The number of hydrogen-bond acceptors (Lipinski definition) is 4. The number of nitrogens with zero attached hydrogens (tertiary/aromatic N) is 2. The molecule has 1 aliphatic heterocycles. The van der Waals surface area contributed by atoms with Crippen molar-refractivity contribution < 1.29 is 9.32 Å². The van der Waals surface area contributed by atoms with Crippen LogP contribution in [0, 0.1) is 0 Å². The Kier molecular flexibility index (Phi) is 5.16. The number of aromatic nitrogens is 1. The van der Waals surface area contributed by atoms with Gasteiger partial charge in [-0.2, -0.15) is 0 Å². The molecule has 18 heavy (non-hydrogen) atoms. The minimum Gasteiger partial charge on any atom is -0.351 e. The molecule has 0 saturated carbocycles. The molecule has 5 nitrogen and oxygen atoms in total. The van der Waals surface area contributed by atoms with Gasteiger partial charge in [0.1, 0.15) is 0 Å². The standard InChI is InChI=1S/C12H19N3O2.ClH/c1-8(2)10-6-11(17-14-10)12(16)15-5-4-13-7-9(15)3;/h6,8-9,13H,4-5,7H2,1-3H3;1H/t9-;/m1./s1. The zero-order chi connectivity index (χ0) is 12.4. The summed E-state index contributed by atoms with van der Waals surface area (Å²) in [5.41, 5.74) is 0.830. The van der Waals surface area contributed by atoms with Crippen molar-refractivity contribution in [2.75, 3.05) is 19.6 Å². The van der Waals surface area contributed by atoms with Gasteiger partial charge in [-0.25, -0.2) is 0 Å². The monoisotopic (exact) mass is 273 g/mol. The van der Waals surface area contributed by atoms with Crippen LogP contribution in [-0.2, 0) is 0 Å². The fourth-order valence-electron chi connectivity index (χ4n) is 1.95. The van der Waals surface area contributed by atoms with E-state index < -0.39 is 0 Å². The maximum absolute atomic E-state index is 12.2. The number of piperazine rings is 1. The second-order valence-corrected chi connectivity index (χ2v) is 4.82. The van der Waals surface area contributed by atoms with Crippen molar-refractivity contribution in [2.45, 2.75) is 32.7 Å². The Morgan fingerprint density at radius 2 is 2.33 bits per heavy atom. The Balaban J connectivity index is 0.00000162. The van der Waals surface area contributed by atoms with Crippen molar-refractivity contribution in [3.63, 3.8) is 0 Å². The molecule has 6 heteroatoms. The van der Waals surface area contributed by atoms with Gasteiger partial charge in [0.25, 0.3) is 5.91 Å². The van der Waals surface area contributed by atoms with Gasteiger partial charge in [0.15, 0.2) is 0 Å². The molecular weight excluding hydrogens is 254 g/mol. The summed E-state index contributed by atoms with van der Waals surface area (Å²) in [7, 11) is 0. The van der Waals surface area contributed by atoms with Gasteiger partial charge in [-0.15, -0.1) is 12.4 Å². The molecule has 1 aromatic rings. The van der Waals surface area contributed by atoms with E-state index in [0.29, 0.717) is 5.76 Å². The summed E-state index contributed by atoms with van der Waals surface area (Å²) in [6.07, 6.45) is 0. The number of halogens is 1. The second kappa shape index (κ2) is 6.20. The van der Waals surface area contributed by atoms with Crippen LogP contribution in [0.15, 0.2) is 10.6 Å². The Hall–Kier alpha value is -1.07. The first-order chi connectivity index (χ1) is 8.09. The van der Waals surface area contributed by atoms with E-state index in [4.69, 9.17) is 4.52 Å². The summed E-state index contributed by atoms with van der Waals surface area (Å²) in [5, 5.41) is 7.17. The first-order valence-electron chi connectivity index (χ1n) is 6.08. The van der Waals surface area contributed by atoms with Gasteiger partial charge in [-0.05, 0) is 12.8 Å². The largest absolute Gasteiger partial charge is 0.351 e. The van der Waals surface area contributed by atoms with Crippen molar-refractivity contribution >= 4 is 18.3 Å². The topological polar surface area (TPSA) is 58.4 Å². The van der Waals surface area contributed by atoms with Crippen LogP contribution in [0.5, 0.6) is 0 Å². The van der Waals surface area contributed by atoms with Crippen LogP contribution in [0.2, 0.25) is 0 Å². The Morgan fingerprint density at radius 1 is 1.61 bits per heavy atom. The molecule has 2 heterocycles. The minimum absolute atomic E-state index is 0. The van der Waals surface area contributed by atoms with Crippen molar-refractivity contribution in [1.82, 2.24) is 15.4 Å².